The summed E-state index contributed by atoms with van der Waals surface area (Å²) in [4.78, 5) is 32.8. The number of piperidine rings is 2. The van der Waals surface area contributed by atoms with Crippen LogP contribution in [0.25, 0.3) is 5.69 Å². The van der Waals surface area contributed by atoms with Gasteiger partial charge in [-0.25, -0.2) is 4.68 Å². The van der Waals surface area contributed by atoms with Crippen LogP contribution in [0.4, 0.5) is 0 Å². The smallest absolute Gasteiger partial charge is 0.288 e. The molecule has 3 aliphatic heterocycles. The van der Waals surface area contributed by atoms with Gasteiger partial charge in [0.05, 0.1) is 32.1 Å². The molecule has 1 aromatic heterocycles. The maximum Gasteiger partial charge on any atom is 0.288 e. The lowest BCUT2D eigenvalue weighted by molar-refractivity contribution is -0.172. The standard InChI is InChI=1S/C35H52N4O7/c1-4-45-35-29(15-21-43-23-24-44-22-20-40)30(32-26(2)36(3)39(34(32)42)28-11-7-5-8-12-28)25-31(46-35)33(41)38-18-13-27(14-19-38)37-16-9-6-10-17-37/h5,7-8,11-12,25,27,29-30,35,40H,4,6,9-10,13-24H2,1-3H3. The monoisotopic (exact) mass is 640 g/mol. The molecule has 11 heteroatoms. The fraction of sp³-hybridized carbons (Fsp3) is 0.657. The van der Waals surface area contributed by atoms with Crippen molar-refractivity contribution in [3.8, 4) is 5.69 Å². The normalized spacial score (nSPS) is 22.9. The average Bonchev–Trinajstić information content (AvgIpc) is 3.31. The second-order valence-corrected chi connectivity index (χ2v) is 12.5. The van der Waals surface area contributed by atoms with Gasteiger partial charge in [-0.1, -0.05) is 24.6 Å². The zero-order valence-electron chi connectivity index (χ0n) is 27.8. The number of likely N-dealkylation sites (tertiary alicyclic amines) is 2. The van der Waals surface area contributed by atoms with Crippen LogP contribution in [0, 0.1) is 12.8 Å². The zero-order chi connectivity index (χ0) is 32.5. The van der Waals surface area contributed by atoms with Crippen LogP contribution >= 0.6 is 0 Å². The lowest BCUT2D eigenvalue weighted by Gasteiger charge is -2.41. The predicted octanol–water partition coefficient (Wildman–Crippen LogP) is 3.35. The maximum absolute atomic E-state index is 14.2. The number of aliphatic hydroxyl groups excluding tert-OH is 1. The number of rotatable bonds is 14. The van der Waals surface area contributed by atoms with Crippen molar-refractivity contribution in [2.75, 3.05) is 65.8 Å². The first kappa shape index (κ1) is 34.4. The molecule has 2 saturated heterocycles. The Morgan fingerprint density at radius 1 is 0.978 bits per heavy atom. The van der Waals surface area contributed by atoms with E-state index in [0.717, 1.165) is 37.3 Å². The molecule has 0 bridgehead atoms. The van der Waals surface area contributed by atoms with Gasteiger partial charge in [0.2, 0.25) is 6.29 Å². The molecule has 0 spiro atoms. The van der Waals surface area contributed by atoms with Gasteiger partial charge in [-0.2, -0.15) is 0 Å². The van der Waals surface area contributed by atoms with Crippen LogP contribution in [0.1, 0.15) is 62.6 Å². The van der Waals surface area contributed by atoms with Crippen molar-refractivity contribution >= 4 is 5.91 Å². The van der Waals surface area contributed by atoms with E-state index in [1.807, 2.05) is 66.9 Å². The van der Waals surface area contributed by atoms with Crippen LogP contribution in [0.3, 0.4) is 0 Å². The summed E-state index contributed by atoms with van der Waals surface area (Å²) >= 11 is 0. The number of hydrogen-bond donors (Lipinski definition) is 1. The summed E-state index contributed by atoms with van der Waals surface area (Å²) in [5.74, 6) is -0.575. The lowest BCUT2D eigenvalue weighted by atomic mass is 9.81. The summed E-state index contributed by atoms with van der Waals surface area (Å²) in [6.45, 7) is 9.35. The first-order valence-corrected chi connectivity index (χ1v) is 17.1. The van der Waals surface area contributed by atoms with Crippen LogP contribution in [-0.2, 0) is 30.8 Å². The Balaban J connectivity index is 1.42. The first-order valence-electron chi connectivity index (χ1n) is 17.1. The number of aromatic nitrogens is 2. The SMILES string of the molecule is CCOC1OC(C(=O)N2CCC(N3CCCCC3)CC2)=CC(c2c(C)n(C)n(-c3ccccc3)c2=O)C1CCOCCOCCO. The number of hydrogen-bond acceptors (Lipinski definition) is 8. The molecule has 0 radical (unpaired) electrons. The molecule has 3 atom stereocenters. The maximum atomic E-state index is 14.2. The minimum Gasteiger partial charge on any atom is -0.459 e. The fourth-order valence-electron chi connectivity index (χ4n) is 7.22. The van der Waals surface area contributed by atoms with Gasteiger partial charge >= 0.3 is 0 Å². The third kappa shape index (κ3) is 7.94. The van der Waals surface area contributed by atoms with Gasteiger partial charge in [0.25, 0.3) is 11.5 Å². The van der Waals surface area contributed by atoms with E-state index in [4.69, 9.17) is 24.1 Å². The summed E-state index contributed by atoms with van der Waals surface area (Å²) < 4.78 is 27.3. The molecule has 0 saturated carbocycles. The molecular weight excluding hydrogens is 588 g/mol. The quantitative estimate of drug-likeness (QED) is 0.314. The van der Waals surface area contributed by atoms with Gasteiger partial charge in [-0.15, -0.1) is 0 Å². The highest BCUT2D eigenvalue weighted by Gasteiger charge is 2.42. The third-order valence-electron chi connectivity index (χ3n) is 9.72. The van der Waals surface area contributed by atoms with E-state index in [1.54, 1.807) is 4.68 Å². The van der Waals surface area contributed by atoms with E-state index in [9.17, 15) is 9.59 Å². The highest BCUT2D eigenvalue weighted by Crippen LogP contribution is 2.40. The molecule has 4 heterocycles. The number of carbonyl (C=O) groups excluding carboxylic acids is 1. The van der Waals surface area contributed by atoms with E-state index in [0.29, 0.717) is 57.5 Å². The van der Waals surface area contributed by atoms with Crippen molar-refractivity contribution < 1.29 is 28.8 Å². The summed E-state index contributed by atoms with van der Waals surface area (Å²) in [6.07, 6.45) is 7.44. The summed E-state index contributed by atoms with van der Waals surface area (Å²) in [7, 11) is 1.89. The summed E-state index contributed by atoms with van der Waals surface area (Å²) in [6, 6.07) is 10.1. The Hall–Kier alpha value is -2.96. The Kier molecular flexibility index (Phi) is 12.5. The number of benzene rings is 1. The molecule has 1 N–H and O–H groups in total. The lowest BCUT2D eigenvalue weighted by Crippen LogP contribution is -2.49. The third-order valence-corrected chi connectivity index (χ3v) is 9.72. The molecule has 2 fully saturated rings. The van der Waals surface area contributed by atoms with Crippen LogP contribution in [-0.4, -0.2) is 108 Å². The van der Waals surface area contributed by atoms with Gasteiger partial charge in [-0.3, -0.25) is 14.3 Å². The molecule has 5 rings (SSSR count). The highest BCUT2D eigenvalue weighted by atomic mass is 16.7. The molecule has 1 aromatic carbocycles. The molecule has 3 aliphatic rings. The van der Waals surface area contributed by atoms with Gasteiger partial charge in [-0.05, 0) is 77.2 Å². The van der Waals surface area contributed by atoms with Crippen LogP contribution in [0.15, 0.2) is 47.0 Å². The Labute approximate surface area is 272 Å². The van der Waals surface area contributed by atoms with Crippen LogP contribution in [0.5, 0.6) is 0 Å². The van der Waals surface area contributed by atoms with E-state index >= 15 is 0 Å². The van der Waals surface area contributed by atoms with Crippen molar-refractivity contribution in [3.63, 3.8) is 0 Å². The van der Waals surface area contributed by atoms with Gasteiger partial charge in [0, 0.05) is 62.5 Å². The van der Waals surface area contributed by atoms with Crippen molar-refractivity contribution in [1.29, 1.82) is 0 Å². The number of carbonyl (C=O) groups is 1. The molecule has 254 valence electrons. The number of nitrogens with zero attached hydrogens (tertiary/aromatic N) is 4. The van der Waals surface area contributed by atoms with Crippen molar-refractivity contribution in [1.82, 2.24) is 19.2 Å². The van der Waals surface area contributed by atoms with E-state index < -0.39 is 12.2 Å². The number of amides is 1. The average molecular weight is 641 g/mol. The molecule has 11 nitrogen and oxygen atoms in total. The number of aliphatic hydroxyl groups is 1. The fourth-order valence-corrected chi connectivity index (χ4v) is 7.22. The molecule has 1 amide bonds. The van der Waals surface area contributed by atoms with E-state index in [1.165, 1.54) is 19.3 Å². The Bertz CT molecular complexity index is 1340. The van der Waals surface area contributed by atoms with Crippen LogP contribution in [0.2, 0.25) is 0 Å². The summed E-state index contributed by atoms with van der Waals surface area (Å²) in [5, 5.41) is 8.95. The topological polar surface area (TPSA) is 108 Å². The Morgan fingerprint density at radius 3 is 2.35 bits per heavy atom. The molecule has 2 aromatic rings. The van der Waals surface area contributed by atoms with E-state index in [2.05, 4.69) is 4.90 Å². The number of allylic oxidation sites excluding steroid dienone is 1. The minimum atomic E-state index is -0.719. The van der Waals surface area contributed by atoms with Crippen molar-refractivity contribution in [2.24, 2.45) is 13.0 Å². The number of ether oxygens (including phenoxy) is 4. The molecule has 46 heavy (non-hydrogen) atoms. The first-order chi connectivity index (χ1) is 22.4. The zero-order valence-corrected chi connectivity index (χ0v) is 27.8. The molecule has 3 unspecified atom stereocenters. The van der Waals surface area contributed by atoms with E-state index in [-0.39, 0.29) is 36.4 Å². The molecular formula is C35H52N4O7. The van der Waals surface area contributed by atoms with Crippen molar-refractivity contribution in [3.05, 3.63) is 63.8 Å². The second kappa shape index (κ2) is 16.7. The predicted molar refractivity (Wildman–Crippen MR) is 175 cm³/mol. The number of para-hydroxylation sites is 1. The van der Waals surface area contributed by atoms with Gasteiger partial charge in [0.15, 0.2) is 5.76 Å². The van der Waals surface area contributed by atoms with Crippen molar-refractivity contribution in [2.45, 2.75) is 70.6 Å². The second-order valence-electron chi connectivity index (χ2n) is 12.5. The minimum absolute atomic E-state index is 0.0299. The summed E-state index contributed by atoms with van der Waals surface area (Å²) in [5.41, 5.74) is 2.11. The van der Waals surface area contributed by atoms with Gasteiger partial charge < -0.3 is 33.9 Å². The molecule has 0 aliphatic carbocycles. The highest BCUT2D eigenvalue weighted by molar-refractivity contribution is 5.92. The van der Waals surface area contributed by atoms with Gasteiger partial charge in [0.1, 0.15) is 0 Å². The Morgan fingerprint density at radius 2 is 1.67 bits per heavy atom. The van der Waals surface area contributed by atoms with Crippen LogP contribution < -0.4 is 5.56 Å². The largest absolute Gasteiger partial charge is 0.459 e.